The zero-order valence-corrected chi connectivity index (χ0v) is 16.7. The largest absolute Gasteiger partial charge is 0.496 e. The maximum atomic E-state index is 6.06. The molecule has 7 nitrogen and oxygen atoms in total. The number of rotatable bonds is 7. The summed E-state index contributed by atoms with van der Waals surface area (Å²) in [6, 6.07) is 10.1. The molecule has 3 heterocycles. The number of aromatic nitrogens is 2. The van der Waals surface area contributed by atoms with Crippen molar-refractivity contribution < 1.29 is 19.5 Å². The molecular formula is C21H29N4O3+. The second-order valence-electron chi connectivity index (χ2n) is 7.84. The van der Waals surface area contributed by atoms with E-state index in [1.807, 2.05) is 30.3 Å². The Kier molecular flexibility index (Phi) is 5.75. The highest BCUT2D eigenvalue weighted by Gasteiger charge is 2.49. The number of nitrogens with two attached hydrogens (primary N) is 1. The van der Waals surface area contributed by atoms with Gasteiger partial charge in [0.2, 0.25) is 5.95 Å². The molecule has 0 saturated carbocycles. The number of benzene rings is 1. The van der Waals surface area contributed by atoms with Gasteiger partial charge in [-0.2, -0.15) is 0 Å². The smallest absolute Gasteiger partial charge is 0.223 e. The Hall–Kier alpha value is -2.22. The van der Waals surface area contributed by atoms with Crippen molar-refractivity contribution in [1.29, 1.82) is 0 Å². The van der Waals surface area contributed by atoms with E-state index in [0.717, 1.165) is 30.2 Å². The fourth-order valence-electron chi connectivity index (χ4n) is 3.90. The number of quaternary nitrogens is 1. The van der Waals surface area contributed by atoms with Gasteiger partial charge in [0.25, 0.3) is 0 Å². The number of ether oxygens (including phenoxy) is 3. The van der Waals surface area contributed by atoms with Gasteiger partial charge in [0.1, 0.15) is 30.6 Å². The first-order chi connectivity index (χ1) is 13.7. The van der Waals surface area contributed by atoms with Crippen molar-refractivity contribution in [3.8, 4) is 17.0 Å². The van der Waals surface area contributed by atoms with Crippen LogP contribution in [-0.4, -0.2) is 61.1 Å². The number of nitrogens with zero attached hydrogens (tertiary/aromatic N) is 2. The van der Waals surface area contributed by atoms with Gasteiger partial charge in [-0.15, -0.1) is 0 Å². The summed E-state index contributed by atoms with van der Waals surface area (Å²) >= 11 is 0. The van der Waals surface area contributed by atoms with Crippen molar-refractivity contribution >= 4 is 5.95 Å². The van der Waals surface area contributed by atoms with Crippen molar-refractivity contribution in [2.75, 3.05) is 32.2 Å². The molecule has 0 aliphatic carbocycles. The van der Waals surface area contributed by atoms with Crippen molar-refractivity contribution in [3.05, 3.63) is 36.5 Å². The number of hydrogen-bond acceptors (Lipinski definition) is 6. The number of para-hydroxylation sites is 1. The summed E-state index contributed by atoms with van der Waals surface area (Å²) in [5.74, 6) is 2.02. The number of fused-ring (bicyclic) bond motifs is 1. The normalized spacial score (nSPS) is 26.4. The van der Waals surface area contributed by atoms with E-state index in [1.54, 1.807) is 13.3 Å². The Morgan fingerprint density at radius 2 is 2.00 bits per heavy atom. The average Bonchev–Trinajstić information content (AvgIpc) is 3.29. The predicted molar refractivity (Wildman–Crippen MR) is 106 cm³/mol. The molecule has 2 fully saturated rings. The van der Waals surface area contributed by atoms with Crippen LogP contribution in [0.3, 0.4) is 0 Å². The summed E-state index contributed by atoms with van der Waals surface area (Å²) in [6.07, 6.45) is 1.92. The Bertz CT molecular complexity index is 801. The van der Waals surface area contributed by atoms with Crippen LogP contribution in [0.5, 0.6) is 5.75 Å². The van der Waals surface area contributed by atoms with E-state index in [2.05, 4.69) is 34.4 Å². The van der Waals surface area contributed by atoms with Gasteiger partial charge in [0.05, 0.1) is 32.0 Å². The summed E-state index contributed by atoms with van der Waals surface area (Å²) in [7, 11) is 1.67. The van der Waals surface area contributed by atoms with Crippen LogP contribution in [0.15, 0.2) is 36.5 Å². The van der Waals surface area contributed by atoms with Crippen LogP contribution < -0.4 is 15.4 Å². The first kappa shape index (κ1) is 19.1. The molecule has 0 radical (unpaired) electrons. The summed E-state index contributed by atoms with van der Waals surface area (Å²) in [5.41, 5.74) is 1.76. The van der Waals surface area contributed by atoms with E-state index < -0.39 is 0 Å². The molecule has 0 unspecified atom stereocenters. The molecule has 7 heteroatoms. The summed E-state index contributed by atoms with van der Waals surface area (Å²) in [6.45, 7) is 6.88. The number of anilines is 1. The van der Waals surface area contributed by atoms with Crippen LogP contribution in [0.4, 0.5) is 5.95 Å². The van der Waals surface area contributed by atoms with Crippen molar-refractivity contribution in [2.24, 2.45) is 5.92 Å². The monoisotopic (exact) mass is 385 g/mol. The molecule has 2 aliphatic heterocycles. The Morgan fingerprint density at radius 3 is 2.82 bits per heavy atom. The van der Waals surface area contributed by atoms with E-state index in [-0.39, 0.29) is 18.2 Å². The van der Waals surface area contributed by atoms with Gasteiger partial charge in [-0.05, 0) is 18.2 Å². The number of hydrogen-bond donors (Lipinski definition) is 2. The molecule has 3 N–H and O–H groups in total. The maximum absolute atomic E-state index is 6.06. The lowest BCUT2D eigenvalue weighted by molar-refractivity contribution is -0.697. The SMILES string of the molecule is COc1ccccc1-c1ccnc(N[C@H]2CO[C@H]3[C@@H]2OC[C@@H]3[NH2+]CC(C)C)n1. The highest BCUT2D eigenvalue weighted by atomic mass is 16.6. The van der Waals surface area contributed by atoms with Gasteiger partial charge < -0.3 is 24.8 Å². The average molecular weight is 385 g/mol. The Labute approximate surface area is 165 Å². The first-order valence-electron chi connectivity index (χ1n) is 9.95. The standard InChI is InChI=1S/C21H28N4O3/c1-13(2)10-23-16-11-27-20-17(12-28-19(16)20)25-21-22-9-8-15(24-21)14-6-4-5-7-18(14)26-3/h4-9,13,16-17,19-20,23H,10-12H2,1-3H3,(H,22,24,25)/p+1/t16-,17-,19+,20+/m0/s1. The number of nitrogens with one attached hydrogen (secondary N) is 1. The van der Waals surface area contributed by atoms with Gasteiger partial charge in [-0.25, -0.2) is 9.97 Å². The van der Waals surface area contributed by atoms with Gasteiger partial charge >= 0.3 is 0 Å². The Morgan fingerprint density at radius 1 is 1.18 bits per heavy atom. The molecule has 2 aliphatic rings. The fourth-order valence-corrected chi connectivity index (χ4v) is 3.90. The second-order valence-corrected chi connectivity index (χ2v) is 7.84. The predicted octanol–water partition coefficient (Wildman–Crippen LogP) is 1.32. The molecule has 4 atom stereocenters. The number of methoxy groups -OCH3 is 1. The van der Waals surface area contributed by atoms with Crippen LogP contribution in [0, 0.1) is 5.92 Å². The topological polar surface area (TPSA) is 82.1 Å². The molecule has 1 aromatic heterocycles. The minimum Gasteiger partial charge on any atom is -0.496 e. The molecule has 2 aromatic rings. The van der Waals surface area contributed by atoms with E-state index in [1.165, 1.54) is 0 Å². The van der Waals surface area contributed by atoms with E-state index in [0.29, 0.717) is 24.5 Å². The molecule has 4 rings (SSSR count). The lowest BCUT2D eigenvalue weighted by Gasteiger charge is -2.18. The van der Waals surface area contributed by atoms with Crippen molar-refractivity contribution in [2.45, 2.75) is 38.1 Å². The van der Waals surface area contributed by atoms with Crippen molar-refractivity contribution in [3.63, 3.8) is 0 Å². The summed E-state index contributed by atoms with van der Waals surface area (Å²) < 4.78 is 17.6. The highest BCUT2D eigenvalue weighted by molar-refractivity contribution is 5.67. The Balaban J connectivity index is 1.44. The van der Waals surface area contributed by atoms with Gasteiger partial charge in [-0.1, -0.05) is 26.0 Å². The van der Waals surface area contributed by atoms with Crippen LogP contribution >= 0.6 is 0 Å². The van der Waals surface area contributed by atoms with Crippen LogP contribution in [0.25, 0.3) is 11.3 Å². The lowest BCUT2D eigenvalue weighted by Crippen LogP contribution is -2.93. The molecule has 2 saturated heterocycles. The third-order valence-electron chi connectivity index (χ3n) is 5.35. The maximum Gasteiger partial charge on any atom is 0.223 e. The summed E-state index contributed by atoms with van der Waals surface area (Å²) in [4.78, 5) is 9.08. The molecular weight excluding hydrogens is 356 g/mol. The molecule has 28 heavy (non-hydrogen) atoms. The molecule has 150 valence electrons. The molecule has 0 bridgehead atoms. The third-order valence-corrected chi connectivity index (χ3v) is 5.35. The van der Waals surface area contributed by atoms with Gasteiger partial charge in [-0.3, -0.25) is 0 Å². The highest BCUT2D eigenvalue weighted by Crippen LogP contribution is 2.30. The van der Waals surface area contributed by atoms with Gasteiger partial charge in [0.15, 0.2) is 0 Å². The van der Waals surface area contributed by atoms with E-state index in [4.69, 9.17) is 14.2 Å². The van der Waals surface area contributed by atoms with Crippen molar-refractivity contribution in [1.82, 2.24) is 9.97 Å². The summed E-state index contributed by atoms with van der Waals surface area (Å²) in [5, 5.41) is 5.78. The fraction of sp³-hybridized carbons (Fsp3) is 0.524. The van der Waals surface area contributed by atoms with Crippen LogP contribution in [-0.2, 0) is 9.47 Å². The third kappa shape index (κ3) is 3.97. The second kappa shape index (κ2) is 8.43. The van der Waals surface area contributed by atoms with Gasteiger partial charge in [0, 0.05) is 17.7 Å². The van der Waals surface area contributed by atoms with E-state index >= 15 is 0 Å². The molecule has 1 aromatic carbocycles. The minimum absolute atomic E-state index is 0.0342. The van der Waals surface area contributed by atoms with E-state index in [9.17, 15) is 0 Å². The quantitative estimate of drug-likeness (QED) is 0.748. The van der Waals surface area contributed by atoms with Crippen LogP contribution in [0.2, 0.25) is 0 Å². The molecule has 0 amide bonds. The minimum atomic E-state index is 0.0342. The first-order valence-corrected chi connectivity index (χ1v) is 9.95. The molecule has 0 spiro atoms. The zero-order valence-electron chi connectivity index (χ0n) is 16.7. The lowest BCUT2D eigenvalue weighted by atomic mass is 10.1. The van der Waals surface area contributed by atoms with Crippen LogP contribution in [0.1, 0.15) is 13.8 Å². The zero-order chi connectivity index (χ0) is 19.5.